The van der Waals surface area contributed by atoms with Crippen molar-refractivity contribution in [1.82, 2.24) is 0 Å². The lowest BCUT2D eigenvalue weighted by molar-refractivity contribution is 0.112. The van der Waals surface area contributed by atoms with Gasteiger partial charge >= 0.3 is 0 Å². The average Bonchev–Trinajstić information content (AvgIpc) is 1.85. The molecule has 1 aromatic rings. The lowest BCUT2D eigenvalue weighted by Crippen LogP contribution is -2.11. The van der Waals surface area contributed by atoms with Gasteiger partial charge in [0.05, 0.1) is 0 Å². The molecular weight excluding hydrogens is 165 g/mol. The van der Waals surface area contributed by atoms with E-state index in [4.69, 9.17) is 19.4 Å². The van der Waals surface area contributed by atoms with Crippen molar-refractivity contribution in [2.24, 2.45) is 0 Å². The molecule has 0 unspecified atom stereocenters. The zero-order valence-electron chi connectivity index (χ0n) is 5.47. The third kappa shape index (κ3) is 1.60. The van der Waals surface area contributed by atoms with Crippen LogP contribution in [0.4, 0.5) is 4.39 Å². The van der Waals surface area contributed by atoms with Gasteiger partial charge in [-0.05, 0) is 12.1 Å². The van der Waals surface area contributed by atoms with Crippen LogP contribution in [-0.2, 0) is 0 Å². The first-order chi connectivity index (χ1) is 5.15. The Labute approximate surface area is 69.6 Å². The number of rotatable bonds is 1. The van der Waals surface area contributed by atoms with Gasteiger partial charge in [0, 0.05) is 10.6 Å². The SMILES string of the molecule is [B]c1cc(Cl)cc(F)c1C=O. The van der Waals surface area contributed by atoms with Gasteiger partial charge in [-0.1, -0.05) is 17.1 Å². The zero-order chi connectivity index (χ0) is 8.43. The molecule has 0 spiro atoms. The maximum atomic E-state index is 12.7. The van der Waals surface area contributed by atoms with Gasteiger partial charge in [-0.3, -0.25) is 4.79 Å². The predicted molar refractivity (Wildman–Crippen MR) is 42.2 cm³/mol. The highest BCUT2D eigenvalue weighted by atomic mass is 35.5. The van der Waals surface area contributed by atoms with Gasteiger partial charge in [0.15, 0.2) is 6.29 Å². The van der Waals surface area contributed by atoms with Crippen LogP contribution in [-0.4, -0.2) is 14.1 Å². The van der Waals surface area contributed by atoms with Crippen LogP contribution >= 0.6 is 11.6 Å². The minimum absolute atomic E-state index is 0.0602. The van der Waals surface area contributed by atoms with Crippen LogP contribution < -0.4 is 5.46 Å². The Morgan fingerprint density at radius 2 is 2.18 bits per heavy atom. The number of aldehydes is 1. The van der Waals surface area contributed by atoms with Crippen molar-refractivity contribution in [3.8, 4) is 0 Å². The highest BCUT2D eigenvalue weighted by Crippen LogP contribution is 2.10. The normalized spacial score (nSPS) is 9.64. The molecule has 11 heavy (non-hydrogen) atoms. The molecule has 4 heteroatoms. The number of halogens is 2. The van der Waals surface area contributed by atoms with Crippen molar-refractivity contribution < 1.29 is 9.18 Å². The molecule has 0 saturated carbocycles. The second-order valence-corrected chi connectivity index (χ2v) is 2.44. The minimum atomic E-state index is -0.690. The number of hydrogen-bond donors (Lipinski definition) is 0. The van der Waals surface area contributed by atoms with E-state index in [1.807, 2.05) is 0 Å². The molecule has 0 heterocycles. The van der Waals surface area contributed by atoms with E-state index >= 15 is 0 Å². The zero-order valence-corrected chi connectivity index (χ0v) is 6.23. The van der Waals surface area contributed by atoms with Crippen LogP contribution in [0.2, 0.25) is 5.02 Å². The van der Waals surface area contributed by atoms with Crippen LogP contribution in [0.1, 0.15) is 10.4 Å². The Balaban J connectivity index is 3.36. The molecule has 2 radical (unpaired) electrons. The highest BCUT2D eigenvalue weighted by molar-refractivity contribution is 6.38. The summed E-state index contributed by atoms with van der Waals surface area (Å²) >= 11 is 5.44. The van der Waals surface area contributed by atoms with E-state index in [-0.39, 0.29) is 16.0 Å². The van der Waals surface area contributed by atoms with Gasteiger partial charge in [0.1, 0.15) is 13.7 Å². The molecule has 0 aliphatic heterocycles. The summed E-state index contributed by atoms with van der Waals surface area (Å²) in [5.74, 6) is -0.690. The van der Waals surface area contributed by atoms with Crippen molar-refractivity contribution in [1.29, 1.82) is 0 Å². The van der Waals surface area contributed by atoms with Crippen LogP contribution in [0, 0.1) is 5.82 Å². The van der Waals surface area contributed by atoms with E-state index in [1.165, 1.54) is 6.07 Å². The van der Waals surface area contributed by atoms with E-state index in [9.17, 15) is 9.18 Å². The molecule has 1 nitrogen and oxygen atoms in total. The summed E-state index contributed by atoms with van der Waals surface area (Å²) in [5.41, 5.74) is -0.0839. The fourth-order valence-corrected chi connectivity index (χ4v) is 0.942. The third-order valence-corrected chi connectivity index (χ3v) is 1.46. The molecule has 0 fully saturated rings. The molecule has 0 aliphatic carbocycles. The smallest absolute Gasteiger partial charge is 0.152 e. The quantitative estimate of drug-likeness (QED) is 0.453. The van der Waals surface area contributed by atoms with E-state index in [0.717, 1.165) is 6.07 Å². The molecule has 0 saturated heterocycles. The van der Waals surface area contributed by atoms with Gasteiger partial charge < -0.3 is 0 Å². The first-order valence-electron chi connectivity index (χ1n) is 2.85. The van der Waals surface area contributed by atoms with Crippen LogP contribution in [0.15, 0.2) is 12.1 Å². The van der Waals surface area contributed by atoms with E-state index < -0.39 is 5.82 Å². The standard InChI is InChI=1S/C7H3BClFO/c8-6-1-4(9)2-7(10)5(6)3-11/h1-3H. The van der Waals surface area contributed by atoms with Crippen LogP contribution in [0.5, 0.6) is 0 Å². The molecule has 0 aliphatic rings. The van der Waals surface area contributed by atoms with Crippen molar-refractivity contribution in [3.63, 3.8) is 0 Å². The molecule has 0 amide bonds. The fraction of sp³-hybridized carbons (Fsp3) is 0. The molecule has 0 aromatic heterocycles. The second-order valence-electron chi connectivity index (χ2n) is 2.01. The van der Waals surface area contributed by atoms with Gasteiger partial charge in [-0.15, -0.1) is 0 Å². The summed E-state index contributed by atoms with van der Waals surface area (Å²) in [5, 5.41) is 0.186. The molecule has 0 N–H and O–H groups in total. The van der Waals surface area contributed by atoms with Gasteiger partial charge in [0.2, 0.25) is 0 Å². The van der Waals surface area contributed by atoms with Gasteiger partial charge in [-0.2, -0.15) is 0 Å². The highest BCUT2D eigenvalue weighted by Gasteiger charge is 2.04. The van der Waals surface area contributed by atoms with Gasteiger partial charge in [0.25, 0.3) is 0 Å². The molecule has 0 atom stereocenters. The monoisotopic (exact) mass is 168 g/mol. The Morgan fingerprint density at radius 1 is 1.55 bits per heavy atom. The summed E-state index contributed by atoms with van der Waals surface area (Å²) in [6.07, 6.45) is 0.362. The predicted octanol–water partition coefficient (Wildman–Crippen LogP) is 1.09. The summed E-state index contributed by atoms with van der Waals surface area (Å²) < 4.78 is 12.7. The van der Waals surface area contributed by atoms with Crippen LogP contribution in [0.25, 0.3) is 0 Å². The molecule has 54 valence electrons. The van der Waals surface area contributed by atoms with E-state index in [2.05, 4.69) is 0 Å². The summed E-state index contributed by atoms with van der Waals surface area (Å²) in [4.78, 5) is 10.2. The van der Waals surface area contributed by atoms with Gasteiger partial charge in [-0.25, -0.2) is 4.39 Å². The first-order valence-corrected chi connectivity index (χ1v) is 3.22. The van der Waals surface area contributed by atoms with Crippen molar-refractivity contribution in [3.05, 3.63) is 28.5 Å². The Morgan fingerprint density at radius 3 is 2.64 bits per heavy atom. The molecule has 1 rings (SSSR count). The largest absolute Gasteiger partial charge is 0.298 e. The summed E-state index contributed by atoms with van der Waals surface area (Å²) in [6.45, 7) is 0. The van der Waals surface area contributed by atoms with Crippen LogP contribution in [0.3, 0.4) is 0 Å². The van der Waals surface area contributed by atoms with E-state index in [0.29, 0.717) is 6.29 Å². The Kier molecular flexibility index (Phi) is 2.30. The second kappa shape index (κ2) is 3.05. The maximum Gasteiger partial charge on any atom is 0.152 e. The minimum Gasteiger partial charge on any atom is -0.298 e. The number of carbonyl (C=O) groups is 1. The summed E-state index contributed by atoms with van der Waals surface area (Å²) in [6, 6.07) is 2.37. The molecule has 1 aromatic carbocycles. The Hall–Kier alpha value is -0.825. The molecule has 0 bridgehead atoms. The Bertz CT molecular complexity index is 277. The van der Waals surface area contributed by atoms with Crippen molar-refractivity contribution in [2.45, 2.75) is 0 Å². The summed E-state index contributed by atoms with van der Waals surface area (Å²) in [7, 11) is 5.28. The number of carbonyl (C=O) groups excluding carboxylic acids is 1. The van der Waals surface area contributed by atoms with Crippen molar-refractivity contribution >= 4 is 31.2 Å². The first kappa shape index (κ1) is 8.27. The number of hydrogen-bond acceptors (Lipinski definition) is 1. The molecular formula is C7H3BClFO. The fourth-order valence-electron chi connectivity index (χ4n) is 0.729. The van der Waals surface area contributed by atoms with Crippen molar-refractivity contribution in [2.75, 3.05) is 0 Å². The van der Waals surface area contributed by atoms with E-state index in [1.54, 1.807) is 0 Å². The number of benzene rings is 1. The maximum absolute atomic E-state index is 12.7. The lowest BCUT2D eigenvalue weighted by Gasteiger charge is -1.99. The topological polar surface area (TPSA) is 17.1 Å². The average molecular weight is 168 g/mol. The lowest BCUT2D eigenvalue weighted by atomic mass is 9.91. The third-order valence-electron chi connectivity index (χ3n) is 1.24.